The quantitative estimate of drug-likeness (QED) is 0.0209. The summed E-state index contributed by atoms with van der Waals surface area (Å²) in [6.45, 7) is 8.56. The molecule has 2 aliphatic heterocycles. The Hall–Kier alpha value is -9.25. The van der Waals surface area contributed by atoms with E-state index in [-0.39, 0.29) is 106 Å². The van der Waals surface area contributed by atoms with Crippen LogP contribution in [0.5, 0.6) is 0 Å². The van der Waals surface area contributed by atoms with Gasteiger partial charge in [-0.2, -0.15) is 0 Å². The molecule has 566 valence electrons. The maximum absolute atomic E-state index is 14.3. The summed E-state index contributed by atoms with van der Waals surface area (Å²) < 4.78 is 59.1. The molecule has 44 heteroatoms. The molecule has 2 saturated heterocycles. The van der Waals surface area contributed by atoms with Gasteiger partial charge in [0, 0.05) is 38.9 Å². The zero-order chi connectivity index (χ0) is 76.8. The van der Waals surface area contributed by atoms with Gasteiger partial charge in [-0.05, 0) is 54.4 Å². The lowest BCUT2D eigenvalue weighted by Crippen LogP contribution is -2.42. The Bertz CT molecular complexity index is 4620. The number of aromatic nitrogens is 12. The standard InChI is InChI=1S/C18H28N5O7P.C16H22N6O5.C13H16FN5O5.C13H17N5O4/c1-4-29-31(27,30-5-2)8-28-12-6-11(14(24)15(12)25)23-7-10(17(20)26)13-16(19)21-9(3)22-18(13)23;1-7-19-14(18-6-21(2)3)10-8(13(17)26)4-22(15(10)20-7)16-12(25)11(24)9(5-23)27-16;1-4-17-9(15)6-5(10(16)23)2-19(11(6)18-4)12-7(21)8(22)13(14,3-20)24-12;1-4-16-11(14)8-5(12(15)22)3-18(13(8)17-4)6-2-7(19)10(21)9(6)20/h7,11-12,14-15,24-25H,4-6,8H2,1-3H3,(H2,20,26)(H2,19,21,22);4,6,9,11-12,16,23-25H,5H2,1-3H3,(H2,17,26);2,7-8,12,20-22H,3H2,1H3,(H2,16,23)(H2,15,17,18);3,6-7,9-10,19-21H,2H2,1H3,(H2,15,22)(H2,14,16,17)/t11-,12+,14+,15-;9-,11-,12-,16-;7-,8+,12-,13-;6-,7+,9+,10-/m1111/s1. The Morgan fingerprint density at radius 2 is 0.990 bits per heavy atom. The van der Waals surface area contributed by atoms with E-state index >= 15 is 0 Å². The molecule has 4 amide bonds. The van der Waals surface area contributed by atoms with E-state index in [2.05, 4.69) is 44.9 Å². The van der Waals surface area contributed by atoms with Crippen molar-refractivity contribution in [3.8, 4) is 0 Å². The Kier molecular flexibility index (Phi) is 23.7. The Balaban J connectivity index is 0.000000162. The first-order valence-corrected chi connectivity index (χ1v) is 33.7. The van der Waals surface area contributed by atoms with E-state index in [0.717, 1.165) is 4.57 Å². The molecule has 10 heterocycles. The average Bonchev–Trinajstić information content (AvgIpc) is 1.62. The second-order valence-electron chi connectivity index (χ2n) is 24.9. The van der Waals surface area contributed by atoms with Gasteiger partial charge in [0.25, 0.3) is 29.5 Å². The number of carbonyl (C=O) groups is 4. The number of halogens is 1. The van der Waals surface area contributed by atoms with Crippen LogP contribution in [0.3, 0.4) is 0 Å². The molecule has 0 bridgehead atoms. The van der Waals surface area contributed by atoms with Gasteiger partial charge in [0.15, 0.2) is 18.3 Å². The molecular weight excluding hydrogens is 1400 g/mol. The third-order valence-electron chi connectivity index (χ3n) is 17.4. The monoisotopic (exact) mass is 1480 g/mol. The summed E-state index contributed by atoms with van der Waals surface area (Å²) in [5, 5.41) is 110. The number of hydrogen-bond donors (Lipinski definition) is 18. The molecule has 25 N–H and O–H groups in total. The molecule has 2 saturated carbocycles. The maximum Gasteiger partial charge on any atom is 0.356 e. The minimum absolute atomic E-state index is 0.0215. The third kappa shape index (κ3) is 15.3. The second-order valence-corrected chi connectivity index (χ2v) is 26.9. The lowest BCUT2D eigenvalue weighted by atomic mass is 10.1. The highest BCUT2D eigenvalue weighted by Crippen LogP contribution is 2.50. The van der Waals surface area contributed by atoms with Gasteiger partial charge in [0.1, 0.15) is 131 Å². The van der Waals surface area contributed by atoms with Gasteiger partial charge in [-0.1, -0.05) is 0 Å². The molecule has 4 fully saturated rings. The number of aliphatic hydroxyl groups is 11. The topological polar surface area (TPSA) is 675 Å². The van der Waals surface area contributed by atoms with Crippen molar-refractivity contribution in [1.82, 2.24) is 63.0 Å². The maximum atomic E-state index is 14.3. The van der Waals surface area contributed by atoms with Crippen LogP contribution in [0.15, 0.2) is 29.8 Å². The molecule has 0 aromatic carbocycles. The largest absolute Gasteiger partial charge is 0.394 e. The number of aliphatic imine (C=N–C) groups is 1. The van der Waals surface area contributed by atoms with E-state index in [1.807, 2.05) is 0 Å². The summed E-state index contributed by atoms with van der Waals surface area (Å²) in [7, 11) is 0.0805. The number of nitrogens with two attached hydrogens (primary N) is 7. The molecule has 42 nitrogen and oxygen atoms in total. The Morgan fingerprint density at radius 3 is 1.38 bits per heavy atom. The lowest BCUT2D eigenvalue weighted by Gasteiger charge is -2.21. The van der Waals surface area contributed by atoms with Crippen molar-refractivity contribution < 1.29 is 108 Å². The highest BCUT2D eigenvalue weighted by molar-refractivity contribution is 7.53. The molecule has 16 atom stereocenters. The van der Waals surface area contributed by atoms with Crippen LogP contribution in [0.25, 0.3) is 44.1 Å². The smallest absolute Gasteiger partial charge is 0.356 e. The van der Waals surface area contributed by atoms with Crippen molar-refractivity contribution in [2.24, 2.45) is 27.9 Å². The minimum atomic E-state index is -3.49. The zero-order valence-corrected chi connectivity index (χ0v) is 58.0. The average molecular weight is 1480 g/mol. The van der Waals surface area contributed by atoms with Gasteiger partial charge >= 0.3 is 7.60 Å². The lowest BCUT2D eigenvalue weighted by molar-refractivity contribution is -0.206. The van der Waals surface area contributed by atoms with E-state index in [4.69, 9.17) is 68.5 Å². The van der Waals surface area contributed by atoms with E-state index in [1.165, 1.54) is 40.3 Å². The molecule has 0 spiro atoms. The molecule has 104 heavy (non-hydrogen) atoms. The van der Waals surface area contributed by atoms with Gasteiger partial charge in [-0.15, -0.1) is 0 Å². The number of aryl methyl sites for hydroxylation is 4. The first kappa shape index (κ1) is 78.9. The molecular formula is C60H83FN21O21P. The number of amides is 4. The van der Waals surface area contributed by atoms with Crippen LogP contribution < -0.4 is 40.1 Å². The summed E-state index contributed by atoms with van der Waals surface area (Å²) in [5.41, 5.74) is 40.6. The summed E-state index contributed by atoms with van der Waals surface area (Å²) in [4.78, 5) is 86.5. The zero-order valence-electron chi connectivity index (χ0n) is 57.1. The normalized spacial score (nSPS) is 26.8. The number of carbonyl (C=O) groups excluding carboxylic acids is 4. The van der Waals surface area contributed by atoms with Crippen LogP contribution in [-0.2, 0) is 27.8 Å². The molecule has 8 aromatic heterocycles. The fourth-order valence-electron chi connectivity index (χ4n) is 12.6. The van der Waals surface area contributed by atoms with Crippen molar-refractivity contribution in [2.75, 3.05) is 64.1 Å². The fourth-order valence-corrected chi connectivity index (χ4v) is 14.0. The summed E-state index contributed by atoms with van der Waals surface area (Å²) in [6, 6.07) is -1.35. The van der Waals surface area contributed by atoms with E-state index in [9.17, 15) is 79.2 Å². The molecule has 12 rings (SSSR count). The molecule has 0 radical (unpaired) electrons. The Labute approximate surface area is 588 Å². The van der Waals surface area contributed by atoms with Crippen LogP contribution >= 0.6 is 7.60 Å². The van der Waals surface area contributed by atoms with Crippen LogP contribution in [0.1, 0.15) is 116 Å². The number of nitrogen functional groups attached to an aromatic ring is 3. The number of hydrogen-bond acceptors (Lipinski definition) is 33. The Morgan fingerprint density at radius 1 is 0.587 bits per heavy atom. The van der Waals surface area contributed by atoms with Gasteiger partial charge in [0.2, 0.25) is 0 Å². The number of aliphatic hydroxyl groups excluding tert-OH is 11. The number of anilines is 3. The first-order chi connectivity index (χ1) is 48.9. The summed E-state index contributed by atoms with van der Waals surface area (Å²) >= 11 is 0. The van der Waals surface area contributed by atoms with Gasteiger partial charge in [0.05, 0.1) is 94.2 Å². The van der Waals surface area contributed by atoms with Crippen molar-refractivity contribution >= 4 is 105 Å². The molecule has 8 aromatic rings. The van der Waals surface area contributed by atoms with Gasteiger partial charge in [-0.25, -0.2) is 49.3 Å². The summed E-state index contributed by atoms with van der Waals surface area (Å²) in [5.74, 6) is -4.00. The number of primary amides is 4. The van der Waals surface area contributed by atoms with Crippen LogP contribution in [-0.4, -0.2) is 269 Å². The van der Waals surface area contributed by atoms with Crippen LogP contribution in [0.4, 0.5) is 27.7 Å². The minimum Gasteiger partial charge on any atom is -0.394 e. The van der Waals surface area contributed by atoms with Gasteiger partial charge < -0.3 is 143 Å². The van der Waals surface area contributed by atoms with Crippen LogP contribution in [0.2, 0.25) is 0 Å². The van der Waals surface area contributed by atoms with E-state index in [1.54, 1.807) is 65.1 Å². The number of nitrogens with zero attached hydrogens (tertiary/aromatic N) is 14. The number of alkyl halides is 1. The second kappa shape index (κ2) is 31.2. The van der Waals surface area contributed by atoms with E-state index in [0.29, 0.717) is 39.5 Å². The third-order valence-corrected chi connectivity index (χ3v) is 19.1. The molecule has 2 aliphatic carbocycles. The summed E-state index contributed by atoms with van der Waals surface area (Å²) in [6.07, 6.45) is -9.89. The SMILES string of the molecule is CCOP(=O)(CO[C@H]1C[C@@H](n2cc(C(N)=O)c3c(N)nc(C)nc32)[C@H](O)[C@@H]1O)OCC.Cc1nc(N)c2c(C(N)=O)cn([C@@H]3C[C@H](O)[C@@H](O)[C@H]3O)c2n1.Cc1nc(N)c2c(C(N)=O)cn([C@@H]3O[C@](F)(CO)[C@@H](O)[C@H]3O)c2n1.Cc1nc(N=CN(C)C)c2c(C(N)=O)cn([C@@H]3O[C@H](CO)[C@@H](O)[C@H]3O)c2n1. The number of rotatable bonds is 19. The fraction of sp³-hybridized carbons (Fsp3) is 0.517. The molecule has 4 aliphatic rings. The van der Waals surface area contributed by atoms with Crippen molar-refractivity contribution in [3.05, 3.63) is 70.3 Å². The molecule has 0 unspecified atom stereocenters. The number of fused-ring (bicyclic) bond motifs is 4. The van der Waals surface area contributed by atoms with Gasteiger partial charge in [-0.3, -0.25) is 23.7 Å². The van der Waals surface area contributed by atoms with Crippen molar-refractivity contribution in [1.29, 1.82) is 0 Å². The highest BCUT2D eigenvalue weighted by atomic mass is 31.2. The predicted molar refractivity (Wildman–Crippen MR) is 362 cm³/mol. The number of ether oxygens (including phenoxy) is 3. The van der Waals surface area contributed by atoms with Crippen molar-refractivity contribution in [2.45, 2.75) is 152 Å². The highest BCUT2D eigenvalue weighted by Gasteiger charge is 2.56. The predicted octanol–water partition coefficient (Wildman–Crippen LogP) is -3.85. The van der Waals surface area contributed by atoms with Crippen LogP contribution in [0, 0.1) is 27.7 Å². The first-order valence-electron chi connectivity index (χ1n) is 32.0. The van der Waals surface area contributed by atoms with Crippen molar-refractivity contribution in [3.63, 3.8) is 0 Å². The van der Waals surface area contributed by atoms with E-state index < -0.39 is 142 Å².